The summed E-state index contributed by atoms with van der Waals surface area (Å²) in [6, 6.07) is 10.9. The Bertz CT molecular complexity index is 578. The number of carbonyl (C=O) groups is 1. The standard InChI is InChI=1S/C14H14O3S/c1-3-17-14(15)11-8-7-10-5-4-6-13(18(2)16)12(10)9-11/h4-9H,3H2,1-2H3. The second kappa shape index (κ2) is 5.42. The van der Waals surface area contributed by atoms with Crippen LogP contribution in [0.4, 0.5) is 0 Å². The van der Waals surface area contributed by atoms with E-state index in [-0.39, 0.29) is 5.97 Å². The molecule has 0 radical (unpaired) electrons. The maximum Gasteiger partial charge on any atom is 0.338 e. The van der Waals surface area contributed by atoms with Crippen LogP contribution in [0.1, 0.15) is 17.3 Å². The highest BCUT2D eigenvalue weighted by Crippen LogP contribution is 2.24. The lowest BCUT2D eigenvalue weighted by molar-refractivity contribution is 0.0526. The second-order valence-corrected chi connectivity index (χ2v) is 5.21. The quantitative estimate of drug-likeness (QED) is 0.631. The Kier molecular flexibility index (Phi) is 3.89. The maximum absolute atomic E-state index is 11.7. The van der Waals surface area contributed by atoms with Gasteiger partial charge in [0.25, 0.3) is 0 Å². The fraction of sp³-hybridized carbons (Fsp3) is 0.214. The molecule has 2 rings (SSSR count). The summed E-state index contributed by atoms with van der Waals surface area (Å²) in [7, 11) is 0. The fourth-order valence-corrected chi connectivity index (χ4v) is 2.59. The van der Waals surface area contributed by atoms with Gasteiger partial charge in [-0.05, 0) is 41.7 Å². The first-order valence-corrected chi connectivity index (χ1v) is 7.22. The third-order valence-electron chi connectivity index (χ3n) is 2.66. The van der Waals surface area contributed by atoms with Crippen LogP contribution in [0.15, 0.2) is 41.3 Å². The highest BCUT2D eigenvalue weighted by Gasteiger charge is 2.13. The van der Waals surface area contributed by atoms with Crippen molar-refractivity contribution in [3.8, 4) is 0 Å². The van der Waals surface area contributed by atoms with E-state index in [9.17, 15) is 9.35 Å². The molecule has 0 heterocycles. The molecule has 4 heteroatoms. The molecule has 18 heavy (non-hydrogen) atoms. The van der Waals surface area contributed by atoms with Gasteiger partial charge in [0.1, 0.15) is 6.26 Å². The van der Waals surface area contributed by atoms with E-state index < -0.39 is 11.2 Å². The molecule has 2 aromatic rings. The van der Waals surface area contributed by atoms with Gasteiger partial charge in [-0.2, -0.15) is 0 Å². The number of rotatable bonds is 3. The van der Waals surface area contributed by atoms with Gasteiger partial charge in [-0.1, -0.05) is 18.2 Å². The molecule has 0 N–H and O–H groups in total. The summed E-state index contributed by atoms with van der Waals surface area (Å²) < 4.78 is 16.6. The maximum atomic E-state index is 11.7. The van der Waals surface area contributed by atoms with Crippen molar-refractivity contribution in [2.45, 2.75) is 11.8 Å². The minimum absolute atomic E-state index is 0.345. The molecular formula is C14H14O3S. The molecule has 3 nitrogen and oxygen atoms in total. The van der Waals surface area contributed by atoms with Crippen LogP contribution in [0.25, 0.3) is 10.8 Å². The van der Waals surface area contributed by atoms with E-state index in [1.165, 1.54) is 0 Å². The van der Waals surface area contributed by atoms with Crippen molar-refractivity contribution < 1.29 is 14.1 Å². The van der Waals surface area contributed by atoms with Gasteiger partial charge in [-0.15, -0.1) is 0 Å². The van der Waals surface area contributed by atoms with Crippen molar-refractivity contribution in [2.24, 2.45) is 0 Å². The Hall–Kier alpha value is -1.52. The molecule has 0 aliphatic heterocycles. The molecule has 1 unspecified atom stereocenters. The Balaban J connectivity index is 2.55. The van der Waals surface area contributed by atoms with Gasteiger partial charge in [0.2, 0.25) is 0 Å². The van der Waals surface area contributed by atoms with Crippen LogP contribution >= 0.6 is 0 Å². The molecule has 0 saturated heterocycles. The van der Waals surface area contributed by atoms with Crippen molar-refractivity contribution in [1.82, 2.24) is 0 Å². The fourth-order valence-electron chi connectivity index (χ4n) is 1.84. The van der Waals surface area contributed by atoms with E-state index in [4.69, 9.17) is 4.74 Å². The summed E-state index contributed by atoms with van der Waals surface area (Å²) in [6.45, 7) is 2.11. The first-order chi connectivity index (χ1) is 8.63. The number of hydrogen-bond donors (Lipinski definition) is 0. The monoisotopic (exact) mass is 262 g/mol. The highest BCUT2D eigenvalue weighted by atomic mass is 32.2. The molecule has 0 fully saturated rings. The number of benzene rings is 2. The van der Waals surface area contributed by atoms with Crippen LogP contribution in [0, 0.1) is 0 Å². The van der Waals surface area contributed by atoms with Crippen molar-refractivity contribution in [3.63, 3.8) is 0 Å². The Labute approximate surface area is 109 Å². The van der Waals surface area contributed by atoms with Gasteiger partial charge >= 0.3 is 5.97 Å². The Morgan fingerprint density at radius 2 is 2.11 bits per heavy atom. The minimum atomic E-state index is -1.08. The van der Waals surface area contributed by atoms with Gasteiger partial charge in [-0.25, -0.2) is 4.79 Å². The van der Waals surface area contributed by atoms with Gasteiger partial charge < -0.3 is 9.29 Å². The molecule has 2 aromatic carbocycles. The molecular weight excluding hydrogens is 248 g/mol. The Morgan fingerprint density at radius 3 is 2.78 bits per heavy atom. The largest absolute Gasteiger partial charge is 0.612 e. The van der Waals surface area contributed by atoms with Gasteiger partial charge in [0.15, 0.2) is 4.90 Å². The van der Waals surface area contributed by atoms with Crippen LogP contribution in [0.3, 0.4) is 0 Å². The average Bonchev–Trinajstić information content (AvgIpc) is 2.37. The van der Waals surface area contributed by atoms with E-state index in [0.717, 1.165) is 15.7 Å². The van der Waals surface area contributed by atoms with E-state index >= 15 is 0 Å². The van der Waals surface area contributed by atoms with E-state index in [1.807, 2.05) is 24.3 Å². The van der Waals surface area contributed by atoms with Crippen LogP contribution in [0.2, 0.25) is 0 Å². The normalized spacial score (nSPS) is 12.4. The molecule has 0 aliphatic carbocycles. The topological polar surface area (TPSA) is 49.4 Å². The molecule has 0 bridgehead atoms. The van der Waals surface area contributed by atoms with Gasteiger partial charge in [-0.3, -0.25) is 0 Å². The summed E-state index contributed by atoms with van der Waals surface area (Å²) in [5.74, 6) is -0.351. The number of esters is 1. The van der Waals surface area contributed by atoms with E-state index in [2.05, 4.69) is 0 Å². The lowest BCUT2D eigenvalue weighted by Gasteiger charge is -2.09. The zero-order chi connectivity index (χ0) is 13.1. The first kappa shape index (κ1) is 12.9. The Morgan fingerprint density at radius 1 is 1.33 bits per heavy atom. The predicted octanol–water partition coefficient (Wildman–Crippen LogP) is 2.75. The van der Waals surface area contributed by atoms with Crippen LogP contribution < -0.4 is 0 Å². The highest BCUT2D eigenvalue weighted by molar-refractivity contribution is 7.91. The molecule has 0 spiro atoms. The predicted molar refractivity (Wildman–Crippen MR) is 72.2 cm³/mol. The molecule has 0 aliphatic rings. The third kappa shape index (κ3) is 2.49. The van der Waals surface area contributed by atoms with Crippen molar-refractivity contribution in [3.05, 3.63) is 42.0 Å². The summed E-state index contributed by atoms with van der Waals surface area (Å²) in [5, 5.41) is 1.81. The molecule has 94 valence electrons. The van der Waals surface area contributed by atoms with Crippen LogP contribution in [0.5, 0.6) is 0 Å². The molecule has 0 aromatic heterocycles. The van der Waals surface area contributed by atoms with Crippen LogP contribution in [-0.2, 0) is 15.9 Å². The average molecular weight is 262 g/mol. The number of fused-ring (bicyclic) bond motifs is 1. The first-order valence-electron chi connectivity index (χ1n) is 5.67. The lowest BCUT2D eigenvalue weighted by atomic mass is 10.1. The summed E-state index contributed by atoms with van der Waals surface area (Å²) in [4.78, 5) is 12.4. The minimum Gasteiger partial charge on any atom is -0.612 e. The lowest BCUT2D eigenvalue weighted by Crippen LogP contribution is -2.05. The van der Waals surface area contributed by atoms with Crippen molar-refractivity contribution in [1.29, 1.82) is 0 Å². The molecule has 1 atom stereocenters. The third-order valence-corrected chi connectivity index (χ3v) is 3.64. The summed E-state index contributed by atoms with van der Waals surface area (Å²) in [5.41, 5.74) is 0.488. The van der Waals surface area contributed by atoms with Crippen molar-refractivity contribution >= 4 is 27.9 Å². The summed E-state index contributed by atoms with van der Waals surface area (Å²) in [6.07, 6.45) is 1.63. The zero-order valence-corrected chi connectivity index (χ0v) is 11.1. The van der Waals surface area contributed by atoms with Crippen LogP contribution in [-0.4, -0.2) is 23.4 Å². The molecule has 0 saturated carbocycles. The van der Waals surface area contributed by atoms with Crippen molar-refractivity contribution in [2.75, 3.05) is 12.9 Å². The van der Waals surface area contributed by atoms with E-state index in [0.29, 0.717) is 12.2 Å². The number of ether oxygens (including phenoxy) is 1. The SMILES string of the molecule is CCOC(=O)c1ccc2cccc([S+](C)[O-])c2c1. The molecule has 0 amide bonds. The van der Waals surface area contributed by atoms with E-state index in [1.54, 1.807) is 25.3 Å². The number of hydrogen-bond acceptors (Lipinski definition) is 3. The van der Waals surface area contributed by atoms with Gasteiger partial charge in [0, 0.05) is 5.39 Å². The zero-order valence-electron chi connectivity index (χ0n) is 10.3. The second-order valence-electron chi connectivity index (χ2n) is 3.87. The number of carbonyl (C=O) groups excluding carboxylic acids is 1. The van der Waals surface area contributed by atoms with Gasteiger partial charge in [0.05, 0.1) is 12.2 Å². The smallest absolute Gasteiger partial charge is 0.338 e. The summed E-state index contributed by atoms with van der Waals surface area (Å²) >= 11 is -1.08.